The lowest BCUT2D eigenvalue weighted by Gasteiger charge is -2.03. The van der Waals surface area contributed by atoms with Gasteiger partial charge in [-0.15, -0.1) is 11.3 Å². The molecule has 0 saturated carbocycles. The van der Waals surface area contributed by atoms with Gasteiger partial charge < -0.3 is 0 Å². The van der Waals surface area contributed by atoms with Crippen molar-refractivity contribution in [3.05, 3.63) is 82.7 Å². The van der Waals surface area contributed by atoms with Crippen molar-refractivity contribution < 1.29 is 4.79 Å². The first-order valence-electron chi connectivity index (χ1n) is 8.07. The van der Waals surface area contributed by atoms with Crippen LogP contribution in [0.4, 0.5) is 0 Å². The van der Waals surface area contributed by atoms with Crippen LogP contribution in [0, 0.1) is 0 Å². The predicted molar refractivity (Wildman–Crippen MR) is 98.2 cm³/mol. The lowest BCUT2D eigenvalue weighted by molar-refractivity contribution is 0.103. The molecule has 0 unspecified atom stereocenters. The average molecular weight is 320 g/mol. The van der Waals surface area contributed by atoms with Gasteiger partial charge in [0, 0.05) is 20.9 Å². The third-order valence-corrected chi connectivity index (χ3v) is 5.10. The number of hydrogen-bond acceptors (Lipinski definition) is 2. The highest BCUT2D eigenvalue weighted by Crippen LogP contribution is 2.29. The molecule has 0 saturated heterocycles. The van der Waals surface area contributed by atoms with Gasteiger partial charge in [0.25, 0.3) is 0 Å². The molecule has 2 aromatic carbocycles. The summed E-state index contributed by atoms with van der Waals surface area (Å²) in [5.74, 6) is 0.0759. The summed E-state index contributed by atoms with van der Waals surface area (Å²) < 4.78 is 0. The van der Waals surface area contributed by atoms with E-state index in [0.717, 1.165) is 17.5 Å². The summed E-state index contributed by atoms with van der Waals surface area (Å²) >= 11 is 1.85. The second kappa shape index (κ2) is 7.38. The highest BCUT2D eigenvalue weighted by atomic mass is 32.1. The molecule has 1 nitrogen and oxygen atoms in total. The summed E-state index contributed by atoms with van der Waals surface area (Å²) in [4.78, 5) is 15.1. The fraction of sp³-hybridized carbons (Fsp3) is 0.190. The maximum Gasteiger partial charge on any atom is 0.193 e. The molecule has 0 aliphatic heterocycles. The highest BCUT2D eigenvalue weighted by molar-refractivity contribution is 7.15. The van der Waals surface area contributed by atoms with Crippen LogP contribution in [0.3, 0.4) is 0 Å². The van der Waals surface area contributed by atoms with Gasteiger partial charge in [0.05, 0.1) is 0 Å². The van der Waals surface area contributed by atoms with Gasteiger partial charge in [0.15, 0.2) is 5.78 Å². The van der Waals surface area contributed by atoms with Crippen molar-refractivity contribution in [2.24, 2.45) is 0 Å². The molecule has 0 fully saturated rings. The molecule has 0 radical (unpaired) electrons. The van der Waals surface area contributed by atoms with Gasteiger partial charge in [-0.3, -0.25) is 4.79 Å². The summed E-state index contributed by atoms with van der Waals surface area (Å²) in [6.07, 6.45) is 3.62. The number of unbranched alkanes of at least 4 members (excludes halogenated alkanes) is 1. The number of carbonyl (C=O) groups excluding carboxylic acids is 1. The van der Waals surface area contributed by atoms with E-state index in [0.29, 0.717) is 0 Å². The van der Waals surface area contributed by atoms with E-state index in [-0.39, 0.29) is 5.78 Å². The van der Waals surface area contributed by atoms with Crippen LogP contribution in [0.25, 0.3) is 10.4 Å². The summed E-state index contributed by atoms with van der Waals surface area (Å²) in [6, 6.07) is 21.8. The third kappa shape index (κ3) is 3.77. The molecule has 0 atom stereocenters. The van der Waals surface area contributed by atoms with E-state index in [1.165, 1.54) is 28.2 Å². The molecule has 0 N–H and O–H groups in total. The summed E-state index contributed by atoms with van der Waals surface area (Å²) in [5.41, 5.74) is 2.66. The van der Waals surface area contributed by atoms with E-state index in [1.807, 2.05) is 65.9 Å². The minimum Gasteiger partial charge on any atom is -0.289 e. The smallest absolute Gasteiger partial charge is 0.193 e. The van der Waals surface area contributed by atoms with Crippen molar-refractivity contribution in [3.63, 3.8) is 0 Å². The zero-order valence-corrected chi connectivity index (χ0v) is 14.1. The SMILES string of the molecule is CCCCc1ccc(-c2ccc(C(=O)c3ccccc3)cc2)s1. The molecule has 3 rings (SSSR count). The Morgan fingerprint density at radius 1 is 0.870 bits per heavy atom. The topological polar surface area (TPSA) is 17.1 Å². The van der Waals surface area contributed by atoms with E-state index in [4.69, 9.17) is 0 Å². The number of hydrogen-bond donors (Lipinski definition) is 0. The van der Waals surface area contributed by atoms with Gasteiger partial charge in [-0.05, 0) is 30.5 Å². The Labute approximate surface area is 141 Å². The molecule has 0 bridgehead atoms. The Balaban J connectivity index is 1.77. The zero-order valence-electron chi connectivity index (χ0n) is 13.3. The Kier molecular flexibility index (Phi) is 5.04. The van der Waals surface area contributed by atoms with Crippen molar-refractivity contribution in [3.8, 4) is 10.4 Å². The van der Waals surface area contributed by atoms with Gasteiger partial charge in [0.2, 0.25) is 0 Å². The normalized spacial score (nSPS) is 10.7. The Morgan fingerprint density at radius 2 is 1.57 bits per heavy atom. The lowest BCUT2D eigenvalue weighted by atomic mass is 10.0. The molecular weight excluding hydrogens is 300 g/mol. The minimum atomic E-state index is 0.0759. The lowest BCUT2D eigenvalue weighted by Crippen LogP contribution is -2.00. The van der Waals surface area contributed by atoms with Crippen LogP contribution in [-0.2, 0) is 6.42 Å². The van der Waals surface area contributed by atoms with Crippen LogP contribution in [0.1, 0.15) is 40.6 Å². The molecule has 23 heavy (non-hydrogen) atoms. The van der Waals surface area contributed by atoms with Crippen molar-refractivity contribution in [1.82, 2.24) is 0 Å². The van der Waals surface area contributed by atoms with Gasteiger partial charge >= 0.3 is 0 Å². The van der Waals surface area contributed by atoms with Crippen LogP contribution < -0.4 is 0 Å². The number of ketones is 1. The largest absolute Gasteiger partial charge is 0.289 e. The number of aryl methyl sites for hydroxylation is 1. The molecule has 1 aromatic heterocycles. The Bertz CT molecular complexity index is 769. The second-order valence-corrected chi connectivity index (χ2v) is 6.81. The molecule has 3 aromatic rings. The number of thiophene rings is 1. The molecule has 0 spiro atoms. The van der Waals surface area contributed by atoms with Crippen LogP contribution >= 0.6 is 11.3 Å². The first kappa shape index (κ1) is 15.7. The fourth-order valence-electron chi connectivity index (χ4n) is 2.56. The molecular formula is C21H20OS. The fourth-order valence-corrected chi connectivity index (χ4v) is 3.62. The monoisotopic (exact) mass is 320 g/mol. The zero-order chi connectivity index (χ0) is 16.1. The van der Waals surface area contributed by atoms with E-state index >= 15 is 0 Å². The Hall–Kier alpha value is -2.19. The third-order valence-electron chi connectivity index (χ3n) is 3.91. The van der Waals surface area contributed by atoms with Gasteiger partial charge in [-0.25, -0.2) is 0 Å². The van der Waals surface area contributed by atoms with E-state index < -0.39 is 0 Å². The van der Waals surface area contributed by atoms with E-state index in [2.05, 4.69) is 19.1 Å². The molecule has 1 heterocycles. The molecule has 0 amide bonds. The minimum absolute atomic E-state index is 0.0759. The first-order valence-corrected chi connectivity index (χ1v) is 8.88. The molecule has 0 aliphatic rings. The Morgan fingerprint density at radius 3 is 2.26 bits per heavy atom. The quantitative estimate of drug-likeness (QED) is 0.510. The summed E-state index contributed by atoms with van der Waals surface area (Å²) in [6.45, 7) is 2.22. The van der Waals surface area contributed by atoms with Crippen molar-refractivity contribution in [2.45, 2.75) is 26.2 Å². The van der Waals surface area contributed by atoms with Crippen LogP contribution in [-0.4, -0.2) is 5.78 Å². The molecule has 2 heteroatoms. The predicted octanol–water partition coefficient (Wildman–Crippen LogP) is 5.99. The molecule has 0 aliphatic carbocycles. The van der Waals surface area contributed by atoms with Gasteiger partial charge in [-0.2, -0.15) is 0 Å². The molecule has 116 valence electrons. The number of rotatable bonds is 6. The maximum absolute atomic E-state index is 12.4. The van der Waals surface area contributed by atoms with Crippen LogP contribution in [0.15, 0.2) is 66.7 Å². The first-order chi connectivity index (χ1) is 11.3. The highest BCUT2D eigenvalue weighted by Gasteiger charge is 2.09. The van der Waals surface area contributed by atoms with Crippen molar-refractivity contribution in [1.29, 1.82) is 0 Å². The van der Waals surface area contributed by atoms with Crippen molar-refractivity contribution >= 4 is 17.1 Å². The average Bonchev–Trinajstić information content (AvgIpc) is 3.09. The standard InChI is InChI=1S/C21H20OS/c1-2-3-9-19-14-15-20(23-19)16-10-12-18(13-11-16)21(22)17-7-5-4-6-8-17/h4-8,10-15H,2-3,9H2,1H3. The van der Waals surface area contributed by atoms with E-state index in [9.17, 15) is 4.79 Å². The number of carbonyl (C=O) groups is 1. The van der Waals surface area contributed by atoms with Crippen LogP contribution in [0.2, 0.25) is 0 Å². The second-order valence-electron chi connectivity index (χ2n) is 5.64. The number of benzene rings is 2. The van der Waals surface area contributed by atoms with Gasteiger partial charge in [0.1, 0.15) is 0 Å². The summed E-state index contributed by atoms with van der Waals surface area (Å²) in [7, 11) is 0. The van der Waals surface area contributed by atoms with E-state index in [1.54, 1.807) is 0 Å². The summed E-state index contributed by atoms with van der Waals surface area (Å²) in [5, 5.41) is 0. The van der Waals surface area contributed by atoms with Crippen LogP contribution in [0.5, 0.6) is 0 Å². The maximum atomic E-state index is 12.4. The van der Waals surface area contributed by atoms with Gasteiger partial charge in [-0.1, -0.05) is 67.9 Å². The van der Waals surface area contributed by atoms with Crippen molar-refractivity contribution in [2.75, 3.05) is 0 Å².